The van der Waals surface area contributed by atoms with Crippen molar-refractivity contribution in [3.05, 3.63) is 42.0 Å². The van der Waals surface area contributed by atoms with Gasteiger partial charge in [-0.2, -0.15) is 0 Å². The number of benzene rings is 1. The second kappa shape index (κ2) is 5.45. The van der Waals surface area contributed by atoms with Gasteiger partial charge in [-0.15, -0.1) is 0 Å². The highest BCUT2D eigenvalue weighted by Crippen LogP contribution is 2.18. The zero-order valence-electron chi connectivity index (χ0n) is 9.84. The number of aromatic hydroxyl groups is 1. The van der Waals surface area contributed by atoms with Gasteiger partial charge in [0.1, 0.15) is 5.75 Å². The van der Waals surface area contributed by atoms with Crippen molar-refractivity contribution in [3.8, 4) is 5.75 Å². The molecule has 2 rings (SSSR count). The molecule has 1 aromatic carbocycles. The predicted molar refractivity (Wildman–Crippen MR) is 70.6 cm³/mol. The normalized spacial score (nSPS) is 21.7. The van der Waals surface area contributed by atoms with E-state index < -0.39 is 6.04 Å². The molecule has 0 saturated carbocycles. The third kappa shape index (κ3) is 2.94. The van der Waals surface area contributed by atoms with Crippen molar-refractivity contribution >= 4 is 17.2 Å². The number of carbonyl (C=O) groups is 1. The Hall–Kier alpha value is -2.16. The molecule has 1 aromatic rings. The summed E-state index contributed by atoms with van der Waals surface area (Å²) in [7, 11) is 0. The van der Waals surface area contributed by atoms with Crippen molar-refractivity contribution in [1.29, 1.82) is 0 Å². The predicted octanol–water partition coefficient (Wildman–Crippen LogP) is 1.30. The van der Waals surface area contributed by atoms with E-state index in [4.69, 9.17) is 5.73 Å². The van der Waals surface area contributed by atoms with Gasteiger partial charge in [-0.05, 0) is 42.1 Å². The minimum absolute atomic E-state index is 0.119. The van der Waals surface area contributed by atoms with Crippen molar-refractivity contribution in [1.82, 2.24) is 0 Å². The Bertz CT molecular complexity index is 555. The van der Waals surface area contributed by atoms with E-state index in [1.165, 1.54) is 6.08 Å². The number of hydrogen-bond donors (Lipinski definition) is 2. The fourth-order valence-electron chi connectivity index (χ4n) is 1.65. The zero-order chi connectivity index (χ0) is 13.0. The molecule has 0 spiro atoms. The fourth-order valence-corrected chi connectivity index (χ4v) is 1.65. The molecule has 1 aliphatic rings. The lowest BCUT2D eigenvalue weighted by Gasteiger charge is -2.03. The highest BCUT2D eigenvalue weighted by Gasteiger charge is 2.11. The van der Waals surface area contributed by atoms with Gasteiger partial charge in [-0.3, -0.25) is 4.79 Å². The first-order chi connectivity index (χ1) is 8.66. The third-order valence-corrected chi connectivity index (χ3v) is 2.69. The topological polar surface area (TPSA) is 75.7 Å². The molecule has 0 aromatic heterocycles. The minimum atomic E-state index is -0.504. The summed E-state index contributed by atoms with van der Waals surface area (Å²) in [6.45, 7) is 0.469. The van der Waals surface area contributed by atoms with Crippen LogP contribution in [0.5, 0.6) is 5.75 Å². The molecule has 1 aliphatic heterocycles. The standard InChI is InChI=1S/C14H14N2O2/c15-13-6-7-16-9-11(4-5-14(13)18)10-2-1-3-12(17)8-10/h1-5,8,13,17H,6-7,15H2/b5-4-/t13-/m0/s1. The average Bonchev–Trinajstić information content (AvgIpc) is 2.43. The number of aliphatic imine (C=N–C) groups is 1. The largest absolute Gasteiger partial charge is 0.508 e. The second-order valence-electron chi connectivity index (χ2n) is 4.09. The number of phenols is 1. The monoisotopic (exact) mass is 242 g/mol. The van der Waals surface area contributed by atoms with E-state index in [0.29, 0.717) is 18.5 Å². The van der Waals surface area contributed by atoms with E-state index in [-0.39, 0.29) is 11.5 Å². The number of carbonyl (C=O) groups excluding carboxylic acids is 1. The number of allylic oxidation sites excluding steroid dienone is 2. The molecule has 18 heavy (non-hydrogen) atoms. The lowest BCUT2D eigenvalue weighted by atomic mass is 10.0. The summed E-state index contributed by atoms with van der Waals surface area (Å²) >= 11 is 0. The molecule has 0 bridgehead atoms. The van der Waals surface area contributed by atoms with Crippen LogP contribution in [0.4, 0.5) is 0 Å². The number of nitrogens with zero attached hydrogens (tertiary/aromatic N) is 1. The molecule has 0 aliphatic carbocycles. The molecule has 1 atom stereocenters. The Morgan fingerprint density at radius 2 is 2.22 bits per heavy atom. The summed E-state index contributed by atoms with van der Waals surface area (Å²) in [5.41, 5.74) is 7.11. The number of phenolic OH excluding ortho intramolecular Hbond substituents is 1. The van der Waals surface area contributed by atoms with Crippen LogP contribution in [0.25, 0.3) is 5.57 Å². The molecule has 0 amide bonds. The molecule has 92 valence electrons. The Kier molecular flexibility index (Phi) is 3.72. The highest BCUT2D eigenvalue weighted by molar-refractivity contribution is 6.01. The SMILES string of the molecule is N[C@H]1CCN=C=C(c2cccc(O)c2)/C=C\C1=O. The van der Waals surface area contributed by atoms with Crippen LogP contribution in [-0.2, 0) is 4.79 Å². The van der Waals surface area contributed by atoms with Crippen LogP contribution in [0.2, 0.25) is 0 Å². The van der Waals surface area contributed by atoms with E-state index >= 15 is 0 Å². The Morgan fingerprint density at radius 1 is 1.39 bits per heavy atom. The lowest BCUT2D eigenvalue weighted by Crippen LogP contribution is -2.29. The van der Waals surface area contributed by atoms with E-state index in [0.717, 1.165) is 5.56 Å². The quantitative estimate of drug-likeness (QED) is 0.779. The van der Waals surface area contributed by atoms with E-state index in [1.807, 2.05) is 6.07 Å². The van der Waals surface area contributed by atoms with Gasteiger partial charge in [-0.1, -0.05) is 12.1 Å². The molecule has 4 heteroatoms. The Balaban J connectivity index is 2.39. The smallest absolute Gasteiger partial charge is 0.172 e. The second-order valence-corrected chi connectivity index (χ2v) is 4.09. The lowest BCUT2D eigenvalue weighted by molar-refractivity contribution is -0.115. The third-order valence-electron chi connectivity index (χ3n) is 2.69. The van der Waals surface area contributed by atoms with Crippen LogP contribution in [0.15, 0.2) is 41.4 Å². The van der Waals surface area contributed by atoms with Crippen LogP contribution in [0, 0.1) is 0 Å². The van der Waals surface area contributed by atoms with Crippen molar-refractivity contribution < 1.29 is 9.90 Å². The molecule has 0 fully saturated rings. The van der Waals surface area contributed by atoms with Gasteiger partial charge in [0.2, 0.25) is 0 Å². The van der Waals surface area contributed by atoms with Gasteiger partial charge in [0.25, 0.3) is 0 Å². The highest BCUT2D eigenvalue weighted by atomic mass is 16.3. The van der Waals surface area contributed by atoms with Crippen molar-refractivity contribution in [2.45, 2.75) is 12.5 Å². The molecule has 0 radical (unpaired) electrons. The summed E-state index contributed by atoms with van der Waals surface area (Å²) in [4.78, 5) is 15.7. The molecule has 1 heterocycles. The molecular formula is C14H14N2O2. The summed E-state index contributed by atoms with van der Waals surface area (Å²) in [5, 5.41) is 9.44. The molecule has 4 nitrogen and oxygen atoms in total. The maximum Gasteiger partial charge on any atom is 0.172 e. The number of ketones is 1. The van der Waals surface area contributed by atoms with Gasteiger partial charge in [0, 0.05) is 5.57 Å². The van der Waals surface area contributed by atoms with Crippen molar-refractivity contribution in [2.75, 3.05) is 6.54 Å². The first-order valence-electron chi connectivity index (χ1n) is 5.73. The maximum absolute atomic E-state index is 11.6. The van der Waals surface area contributed by atoms with Gasteiger partial charge in [-0.25, -0.2) is 4.99 Å². The van der Waals surface area contributed by atoms with Gasteiger partial charge >= 0.3 is 0 Å². The number of nitrogens with two attached hydrogens (primary N) is 1. The summed E-state index contributed by atoms with van der Waals surface area (Å²) in [6.07, 6.45) is 3.59. The number of rotatable bonds is 1. The molecular weight excluding hydrogens is 228 g/mol. The van der Waals surface area contributed by atoms with E-state index in [1.54, 1.807) is 24.3 Å². The first kappa shape index (κ1) is 12.3. The average molecular weight is 242 g/mol. The van der Waals surface area contributed by atoms with Crippen LogP contribution < -0.4 is 5.73 Å². The van der Waals surface area contributed by atoms with E-state index in [9.17, 15) is 9.90 Å². The van der Waals surface area contributed by atoms with E-state index in [2.05, 4.69) is 10.9 Å². The Morgan fingerprint density at radius 3 is 3.00 bits per heavy atom. The van der Waals surface area contributed by atoms with Gasteiger partial charge < -0.3 is 10.8 Å². The van der Waals surface area contributed by atoms with Crippen LogP contribution in [-0.4, -0.2) is 29.3 Å². The van der Waals surface area contributed by atoms with Gasteiger partial charge in [0.15, 0.2) is 5.78 Å². The maximum atomic E-state index is 11.6. The van der Waals surface area contributed by atoms with Crippen LogP contribution >= 0.6 is 0 Å². The number of hydrogen-bond acceptors (Lipinski definition) is 4. The van der Waals surface area contributed by atoms with Gasteiger partial charge in [0.05, 0.1) is 12.6 Å². The van der Waals surface area contributed by atoms with Crippen molar-refractivity contribution in [3.63, 3.8) is 0 Å². The zero-order valence-corrected chi connectivity index (χ0v) is 9.84. The summed E-state index contributed by atoms with van der Waals surface area (Å²) in [5.74, 6) is 2.93. The Labute approximate surface area is 105 Å². The minimum Gasteiger partial charge on any atom is -0.508 e. The first-order valence-corrected chi connectivity index (χ1v) is 5.73. The summed E-state index contributed by atoms with van der Waals surface area (Å²) < 4.78 is 0. The summed E-state index contributed by atoms with van der Waals surface area (Å²) in [6, 6.07) is 6.23. The van der Waals surface area contributed by atoms with Crippen LogP contribution in [0.1, 0.15) is 12.0 Å². The van der Waals surface area contributed by atoms with Crippen molar-refractivity contribution in [2.24, 2.45) is 10.7 Å². The molecule has 0 unspecified atom stereocenters. The molecule has 3 N–H and O–H groups in total. The molecule has 0 saturated heterocycles. The fraction of sp³-hybridized carbons (Fsp3) is 0.214. The van der Waals surface area contributed by atoms with Crippen LogP contribution in [0.3, 0.4) is 0 Å².